The van der Waals surface area contributed by atoms with Crippen molar-refractivity contribution in [3.8, 4) is 0 Å². The maximum Gasteiger partial charge on any atom is 0.171 e. The van der Waals surface area contributed by atoms with Crippen LogP contribution in [0.3, 0.4) is 0 Å². The van der Waals surface area contributed by atoms with Crippen molar-refractivity contribution in [2.45, 2.75) is 24.0 Å². The predicted molar refractivity (Wildman–Crippen MR) is 70.2 cm³/mol. The lowest BCUT2D eigenvalue weighted by Crippen LogP contribution is -1.95. The average molecular weight is 270 g/mol. The third kappa shape index (κ3) is 2.32. The number of aldehydes is 1. The van der Waals surface area contributed by atoms with Gasteiger partial charge >= 0.3 is 0 Å². The molecule has 0 saturated carbocycles. The van der Waals surface area contributed by atoms with Gasteiger partial charge in [-0.25, -0.2) is 8.96 Å². The lowest BCUT2D eigenvalue weighted by molar-refractivity contribution is 0.112. The summed E-state index contributed by atoms with van der Waals surface area (Å²) in [7, 11) is 0. The van der Waals surface area contributed by atoms with Crippen LogP contribution < -0.4 is 0 Å². The molecular formula is C11H11FN2OS2. The van der Waals surface area contributed by atoms with Gasteiger partial charge < -0.3 is 0 Å². The normalized spacial score (nSPS) is 11.3. The molecule has 0 radical (unpaired) electrons. The van der Waals surface area contributed by atoms with Crippen molar-refractivity contribution in [3.05, 3.63) is 24.0 Å². The van der Waals surface area contributed by atoms with Gasteiger partial charge in [0.1, 0.15) is 0 Å². The minimum absolute atomic E-state index is 0.103. The smallest absolute Gasteiger partial charge is 0.171 e. The van der Waals surface area contributed by atoms with E-state index in [-0.39, 0.29) is 12.3 Å². The standard InChI is InChI=1S/C11H11FN2OS2/c1-7(2)16-10-8(6-15)5-13-11-9(10)3-4-14(11)17-12/h3-7H,1-2H3. The van der Waals surface area contributed by atoms with Crippen LogP contribution in [0.15, 0.2) is 23.4 Å². The van der Waals surface area contributed by atoms with Gasteiger partial charge in [-0.1, -0.05) is 13.8 Å². The number of carbonyl (C=O) groups excluding carboxylic acids is 1. The largest absolute Gasteiger partial charge is 0.298 e. The van der Waals surface area contributed by atoms with Gasteiger partial charge in [0, 0.05) is 33.5 Å². The Morgan fingerprint density at radius 2 is 2.29 bits per heavy atom. The Morgan fingerprint density at radius 3 is 2.88 bits per heavy atom. The molecule has 2 aromatic heterocycles. The molecule has 0 aromatic carbocycles. The number of nitrogens with zero attached hydrogens (tertiary/aromatic N) is 2. The van der Waals surface area contributed by atoms with Crippen molar-refractivity contribution >= 4 is 41.4 Å². The molecule has 0 unspecified atom stereocenters. The molecular weight excluding hydrogens is 259 g/mol. The number of hydrogen-bond donors (Lipinski definition) is 0. The van der Waals surface area contributed by atoms with E-state index in [9.17, 15) is 8.68 Å². The summed E-state index contributed by atoms with van der Waals surface area (Å²) in [5.41, 5.74) is 1.10. The lowest BCUT2D eigenvalue weighted by Gasteiger charge is -2.08. The first-order valence-electron chi connectivity index (χ1n) is 5.08. The van der Waals surface area contributed by atoms with E-state index in [4.69, 9.17) is 0 Å². The Hall–Kier alpha value is -1.01. The molecule has 0 aliphatic heterocycles. The molecule has 0 N–H and O–H groups in total. The number of pyridine rings is 1. The molecule has 0 atom stereocenters. The molecule has 90 valence electrons. The number of halogens is 1. The summed E-state index contributed by atoms with van der Waals surface area (Å²) in [6.45, 7) is 4.10. The van der Waals surface area contributed by atoms with E-state index in [0.29, 0.717) is 16.5 Å². The minimum atomic E-state index is 0.103. The van der Waals surface area contributed by atoms with Crippen molar-refractivity contribution in [1.29, 1.82) is 0 Å². The molecule has 6 heteroatoms. The molecule has 0 aliphatic rings. The number of aromatic nitrogens is 2. The molecule has 2 rings (SSSR count). The number of thioether (sulfide) groups is 1. The molecule has 0 fully saturated rings. The molecule has 2 aromatic rings. The third-order valence-electron chi connectivity index (χ3n) is 2.21. The lowest BCUT2D eigenvalue weighted by atomic mass is 10.2. The van der Waals surface area contributed by atoms with Gasteiger partial charge in [-0.15, -0.1) is 15.6 Å². The summed E-state index contributed by atoms with van der Waals surface area (Å²) < 4.78 is 14.0. The topological polar surface area (TPSA) is 34.9 Å². The first-order valence-corrected chi connectivity index (χ1v) is 6.63. The highest BCUT2D eigenvalue weighted by Gasteiger charge is 2.14. The Bertz CT molecular complexity index is 554. The van der Waals surface area contributed by atoms with Gasteiger partial charge in [-0.05, 0) is 6.07 Å². The van der Waals surface area contributed by atoms with Crippen molar-refractivity contribution < 1.29 is 8.68 Å². The quantitative estimate of drug-likeness (QED) is 0.626. The van der Waals surface area contributed by atoms with Gasteiger partial charge in [0.2, 0.25) is 0 Å². The minimum Gasteiger partial charge on any atom is -0.298 e. The number of fused-ring (bicyclic) bond motifs is 1. The number of hydrogen-bond acceptors (Lipinski definition) is 4. The van der Waals surface area contributed by atoms with E-state index < -0.39 is 0 Å². The van der Waals surface area contributed by atoms with Crippen LogP contribution in [-0.4, -0.2) is 20.5 Å². The summed E-state index contributed by atoms with van der Waals surface area (Å²) in [6, 6.07) is 1.78. The van der Waals surface area contributed by atoms with Gasteiger partial charge in [0.25, 0.3) is 0 Å². The van der Waals surface area contributed by atoms with Crippen molar-refractivity contribution in [1.82, 2.24) is 8.96 Å². The van der Waals surface area contributed by atoms with E-state index in [1.54, 1.807) is 24.0 Å². The van der Waals surface area contributed by atoms with Crippen molar-refractivity contribution in [2.24, 2.45) is 0 Å². The van der Waals surface area contributed by atoms with Crippen LogP contribution in [0.5, 0.6) is 0 Å². The summed E-state index contributed by atoms with van der Waals surface area (Å²) >= 11 is 1.69. The highest BCUT2D eigenvalue weighted by molar-refractivity contribution is 8.00. The Labute approximate surface area is 107 Å². The van der Waals surface area contributed by atoms with Crippen molar-refractivity contribution in [2.75, 3.05) is 0 Å². The zero-order valence-corrected chi connectivity index (χ0v) is 11.0. The summed E-state index contributed by atoms with van der Waals surface area (Å²) in [6.07, 6.45) is 3.89. The maximum absolute atomic E-state index is 12.6. The van der Waals surface area contributed by atoms with Crippen molar-refractivity contribution in [3.63, 3.8) is 0 Å². The van der Waals surface area contributed by atoms with E-state index in [2.05, 4.69) is 4.98 Å². The first kappa shape index (κ1) is 12.4. The molecule has 3 nitrogen and oxygen atoms in total. The Balaban J connectivity index is 2.65. The fraction of sp³-hybridized carbons (Fsp3) is 0.273. The predicted octanol–water partition coefficient (Wildman–Crippen LogP) is 3.73. The molecule has 0 aliphatic carbocycles. The van der Waals surface area contributed by atoms with Crippen LogP contribution in [0.1, 0.15) is 24.2 Å². The van der Waals surface area contributed by atoms with Gasteiger partial charge in [-0.2, -0.15) is 0 Å². The van der Waals surface area contributed by atoms with Crippen LogP contribution in [-0.2, 0) is 0 Å². The second kappa shape index (κ2) is 5.10. The van der Waals surface area contributed by atoms with E-state index >= 15 is 0 Å². The first-order chi connectivity index (χ1) is 8.17. The average Bonchev–Trinajstić information content (AvgIpc) is 2.72. The highest BCUT2D eigenvalue weighted by atomic mass is 32.2. The van der Waals surface area contributed by atoms with Gasteiger partial charge in [0.15, 0.2) is 24.3 Å². The SMILES string of the molecule is CC(C)Sc1c(C=O)cnc2c1ccn2SF. The number of carbonyl (C=O) groups is 1. The zero-order valence-electron chi connectivity index (χ0n) is 9.38. The van der Waals surface area contributed by atoms with Gasteiger partial charge in [-0.3, -0.25) is 4.79 Å². The zero-order chi connectivity index (χ0) is 12.4. The van der Waals surface area contributed by atoms with Crippen LogP contribution in [0.25, 0.3) is 11.0 Å². The second-order valence-corrected chi connectivity index (χ2v) is 5.89. The molecule has 2 heterocycles. The molecule has 0 saturated heterocycles. The Morgan fingerprint density at radius 1 is 1.53 bits per heavy atom. The van der Waals surface area contributed by atoms with Crippen LogP contribution in [0, 0.1) is 0 Å². The number of rotatable bonds is 4. The van der Waals surface area contributed by atoms with Crippen LogP contribution in [0.4, 0.5) is 3.89 Å². The summed E-state index contributed by atoms with van der Waals surface area (Å²) in [4.78, 5) is 16.0. The third-order valence-corrected chi connectivity index (χ3v) is 3.82. The summed E-state index contributed by atoms with van der Waals surface area (Å²) in [5, 5.41) is 1.17. The van der Waals surface area contributed by atoms with Crippen LogP contribution in [0.2, 0.25) is 0 Å². The molecule has 0 bridgehead atoms. The van der Waals surface area contributed by atoms with E-state index in [0.717, 1.165) is 16.6 Å². The van der Waals surface area contributed by atoms with Crippen LogP contribution >= 0.6 is 24.1 Å². The molecule has 17 heavy (non-hydrogen) atoms. The summed E-state index contributed by atoms with van der Waals surface area (Å²) in [5.74, 6) is 0. The fourth-order valence-corrected chi connectivity index (χ4v) is 2.87. The molecule has 0 spiro atoms. The molecule has 0 amide bonds. The van der Waals surface area contributed by atoms with E-state index in [1.165, 1.54) is 10.2 Å². The Kier molecular flexibility index (Phi) is 3.73. The monoisotopic (exact) mass is 270 g/mol. The van der Waals surface area contributed by atoms with E-state index in [1.807, 2.05) is 13.8 Å². The highest BCUT2D eigenvalue weighted by Crippen LogP contribution is 2.34. The maximum atomic E-state index is 12.6. The second-order valence-electron chi connectivity index (χ2n) is 3.77. The fourth-order valence-electron chi connectivity index (χ4n) is 1.56. The van der Waals surface area contributed by atoms with Gasteiger partial charge in [0.05, 0.1) is 0 Å².